The van der Waals surface area contributed by atoms with Gasteiger partial charge in [0.1, 0.15) is 6.04 Å². The van der Waals surface area contributed by atoms with E-state index >= 15 is 0 Å². The van der Waals surface area contributed by atoms with Crippen LogP contribution < -0.4 is 5.32 Å². The Morgan fingerprint density at radius 3 is 2.72 bits per heavy atom. The molecule has 3 atom stereocenters. The molecule has 0 aromatic heterocycles. The number of hydrogen-bond acceptors (Lipinski definition) is 4. The van der Waals surface area contributed by atoms with Gasteiger partial charge in [-0.15, -0.1) is 0 Å². The number of hydrogen-bond donors (Lipinski definition) is 1. The second kappa shape index (κ2) is 5.69. The molecule has 0 aliphatic carbocycles. The zero-order valence-corrected chi connectivity index (χ0v) is 11.1. The number of methoxy groups -OCH3 is 1. The van der Waals surface area contributed by atoms with Crippen LogP contribution in [0.2, 0.25) is 0 Å². The highest BCUT2D eigenvalue weighted by Crippen LogP contribution is 2.25. The molecule has 1 N–H and O–H groups in total. The maximum Gasteiger partial charge on any atom is 0.328 e. The number of amides is 1. The number of rotatable bonds is 2. The first-order valence-corrected chi connectivity index (χ1v) is 6.77. The quantitative estimate of drug-likeness (QED) is 0.731. The van der Waals surface area contributed by atoms with E-state index in [1.54, 1.807) is 4.90 Å². The summed E-state index contributed by atoms with van der Waals surface area (Å²) >= 11 is 0. The van der Waals surface area contributed by atoms with Crippen LogP contribution in [-0.2, 0) is 14.3 Å². The fraction of sp³-hybridized carbons (Fsp3) is 0.846. The maximum absolute atomic E-state index is 12.5. The second-order valence-corrected chi connectivity index (χ2v) is 5.20. The van der Waals surface area contributed by atoms with Gasteiger partial charge in [-0.3, -0.25) is 4.79 Å². The van der Waals surface area contributed by atoms with Gasteiger partial charge in [0.25, 0.3) is 0 Å². The van der Waals surface area contributed by atoms with Crippen molar-refractivity contribution in [3.05, 3.63) is 0 Å². The number of nitrogens with zero attached hydrogens (tertiary/aromatic N) is 1. The van der Waals surface area contributed by atoms with Gasteiger partial charge in [0.05, 0.1) is 13.0 Å². The summed E-state index contributed by atoms with van der Waals surface area (Å²) in [6.45, 7) is 3.71. The van der Waals surface area contributed by atoms with E-state index in [-0.39, 0.29) is 29.9 Å². The molecule has 0 spiro atoms. The van der Waals surface area contributed by atoms with E-state index in [0.29, 0.717) is 6.54 Å². The van der Waals surface area contributed by atoms with Gasteiger partial charge in [-0.2, -0.15) is 0 Å². The molecule has 2 heterocycles. The van der Waals surface area contributed by atoms with E-state index in [2.05, 4.69) is 5.32 Å². The third-order valence-electron chi connectivity index (χ3n) is 4.09. The summed E-state index contributed by atoms with van der Waals surface area (Å²) in [5, 5.41) is 3.33. The molecule has 102 valence electrons. The van der Waals surface area contributed by atoms with E-state index in [0.717, 1.165) is 32.2 Å². The lowest BCUT2D eigenvalue weighted by atomic mass is 9.90. The van der Waals surface area contributed by atoms with Crippen molar-refractivity contribution in [3.8, 4) is 0 Å². The average molecular weight is 254 g/mol. The zero-order chi connectivity index (χ0) is 13.1. The molecular formula is C13H22N2O3. The highest BCUT2D eigenvalue weighted by molar-refractivity contribution is 5.86. The van der Waals surface area contributed by atoms with Crippen molar-refractivity contribution < 1.29 is 14.3 Å². The molecule has 2 fully saturated rings. The fourth-order valence-corrected chi connectivity index (χ4v) is 3.01. The summed E-state index contributed by atoms with van der Waals surface area (Å²) in [5.41, 5.74) is 0. The van der Waals surface area contributed by atoms with Gasteiger partial charge < -0.3 is 15.0 Å². The average Bonchev–Trinajstić information content (AvgIpc) is 2.86. The van der Waals surface area contributed by atoms with Crippen LogP contribution in [0.1, 0.15) is 32.6 Å². The predicted molar refractivity (Wildman–Crippen MR) is 66.9 cm³/mol. The number of piperidine rings is 1. The zero-order valence-electron chi connectivity index (χ0n) is 11.1. The number of esters is 1. The van der Waals surface area contributed by atoms with Crippen LogP contribution >= 0.6 is 0 Å². The first kappa shape index (κ1) is 13.3. The van der Waals surface area contributed by atoms with E-state index < -0.39 is 0 Å². The lowest BCUT2D eigenvalue weighted by Gasteiger charge is -2.33. The molecule has 0 saturated carbocycles. The fourth-order valence-electron chi connectivity index (χ4n) is 3.01. The summed E-state index contributed by atoms with van der Waals surface area (Å²) in [5.74, 6) is -0.163. The van der Waals surface area contributed by atoms with Gasteiger partial charge in [0.15, 0.2) is 0 Å². The van der Waals surface area contributed by atoms with Crippen LogP contribution in [-0.4, -0.2) is 49.1 Å². The molecule has 2 rings (SSSR count). The minimum Gasteiger partial charge on any atom is -0.467 e. The largest absolute Gasteiger partial charge is 0.467 e. The van der Waals surface area contributed by atoms with Crippen LogP contribution in [0.25, 0.3) is 0 Å². The number of ether oxygens (including phenoxy) is 1. The van der Waals surface area contributed by atoms with Crippen molar-refractivity contribution in [2.45, 2.75) is 44.7 Å². The molecule has 0 bridgehead atoms. The van der Waals surface area contributed by atoms with Gasteiger partial charge in [-0.05, 0) is 39.2 Å². The molecule has 0 unspecified atom stereocenters. The highest BCUT2D eigenvalue weighted by Gasteiger charge is 2.39. The Balaban J connectivity index is 2.05. The van der Waals surface area contributed by atoms with Crippen LogP contribution in [0, 0.1) is 5.92 Å². The predicted octanol–water partition coefficient (Wildman–Crippen LogP) is 0.539. The number of carbonyl (C=O) groups excluding carboxylic acids is 2. The van der Waals surface area contributed by atoms with Gasteiger partial charge in [-0.25, -0.2) is 4.79 Å². The lowest BCUT2D eigenvalue weighted by Crippen LogP contribution is -2.51. The second-order valence-electron chi connectivity index (χ2n) is 5.20. The normalized spacial score (nSPS) is 32.3. The number of likely N-dealkylation sites (tertiary alicyclic amines) is 1. The third kappa shape index (κ3) is 2.51. The molecule has 18 heavy (non-hydrogen) atoms. The lowest BCUT2D eigenvalue weighted by molar-refractivity contribution is -0.153. The van der Waals surface area contributed by atoms with E-state index in [9.17, 15) is 9.59 Å². The minimum absolute atomic E-state index is 0.00371. The summed E-state index contributed by atoms with van der Waals surface area (Å²) < 4.78 is 4.78. The van der Waals surface area contributed by atoms with Crippen molar-refractivity contribution in [3.63, 3.8) is 0 Å². The Bertz CT molecular complexity index is 332. The molecule has 0 radical (unpaired) electrons. The topological polar surface area (TPSA) is 58.6 Å². The molecule has 1 amide bonds. The van der Waals surface area contributed by atoms with Crippen molar-refractivity contribution in [2.24, 2.45) is 5.92 Å². The third-order valence-corrected chi connectivity index (χ3v) is 4.09. The first-order chi connectivity index (χ1) is 8.65. The molecule has 0 aromatic carbocycles. The highest BCUT2D eigenvalue weighted by atomic mass is 16.5. The molecule has 0 aromatic rings. The standard InChI is InChI=1S/C13H22N2O3/c1-9-10(5-3-7-14-9)12(16)15-8-4-6-11(15)13(17)18-2/h9-11,14H,3-8H2,1-2H3/t9-,10-,11+/m1/s1. The molecule has 2 aliphatic heterocycles. The molecule has 5 heteroatoms. The van der Waals surface area contributed by atoms with Crippen LogP contribution in [0.3, 0.4) is 0 Å². The number of carbonyl (C=O) groups is 2. The molecule has 5 nitrogen and oxygen atoms in total. The van der Waals surface area contributed by atoms with Gasteiger partial charge in [0.2, 0.25) is 5.91 Å². The number of nitrogens with one attached hydrogen (secondary N) is 1. The monoisotopic (exact) mass is 254 g/mol. The summed E-state index contributed by atoms with van der Waals surface area (Å²) in [6.07, 6.45) is 3.56. The molecular weight excluding hydrogens is 232 g/mol. The van der Waals surface area contributed by atoms with E-state index in [4.69, 9.17) is 4.74 Å². The Kier molecular flexibility index (Phi) is 4.22. The molecule has 2 aliphatic rings. The van der Waals surface area contributed by atoms with Gasteiger partial charge in [0, 0.05) is 12.6 Å². The first-order valence-electron chi connectivity index (χ1n) is 6.77. The van der Waals surface area contributed by atoms with E-state index in [1.807, 2.05) is 6.92 Å². The molecule has 2 saturated heterocycles. The van der Waals surface area contributed by atoms with Crippen molar-refractivity contribution in [1.82, 2.24) is 10.2 Å². The smallest absolute Gasteiger partial charge is 0.328 e. The Hall–Kier alpha value is -1.10. The summed E-state index contributed by atoms with van der Waals surface area (Å²) in [4.78, 5) is 25.9. The van der Waals surface area contributed by atoms with Crippen molar-refractivity contribution >= 4 is 11.9 Å². The van der Waals surface area contributed by atoms with Crippen LogP contribution in [0.4, 0.5) is 0 Å². The van der Waals surface area contributed by atoms with Crippen LogP contribution in [0.5, 0.6) is 0 Å². The SMILES string of the molecule is COC(=O)[C@@H]1CCCN1C(=O)[C@@H]1CCCN[C@@H]1C. The summed E-state index contributed by atoms with van der Waals surface area (Å²) in [7, 11) is 1.38. The van der Waals surface area contributed by atoms with Gasteiger partial charge >= 0.3 is 5.97 Å². The Morgan fingerprint density at radius 1 is 1.28 bits per heavy atom. The van der Waals surface area contributed by atoms with Crippen molar-refractivity contribution in [2.75, 3.05) is 20.2 Å². The van der Waals surface area contributed by atoms with Crippen molar-refractivity contribution in [1.29, 1.82) is 0 Å². The van der Waals surface area contributed by atoms with Gasteiger partial charge in [-0.1, -0.05) is 0 Å². The van der Waals surface area contributed by atoms with Crippen LogP contribution in [0.15, 0.2) is 0 Å². The Morgan fingerprint density at radius 2 is 2.06 bits per heavy atom. The Labute approximate surface area is 108 Å². The maximum atomic E-state index is 12.5. The summed E-state index contributed by atoms with van der Waals surface area (Å²) in [6, 6.07) is -0.165. The minimum atomic E-state index is -0.364. The van der Waals surface area contributed by atoms with E-state index in [1.165, 1.54) is 7.11 Å².